The smallest absolute Gasteiger partial charge is 0.202 e. The number of halogens is 2. The van der Waals surface area contributed by atoms with Crippen LogP contribution in [-0.2, 0) is 12.8 Å². The molecule has 0 unspecified atom stereocenters. The van der Waals surface area contributed by atoms with Crippen LogP contribution < -0.4 is 5.32 Å². The molecule has 0 atom stereocenters. The third-order valence-electron chi connectivity index (χ3n) is 2.40. The Kier molecular flexibility index (Phi) is 4.19. The topological polar surface area (TPSA) is 37.8 Å². The van der Waals surface area contributed by atoms with Crippen LogP contribution in [0.3, 0.4) is 0 Å². The number of hydrogen-bond acceptors (Lipinski definition) is 4. The zero-order valence-corrected chi connectivity index (χ0v) is 10.7. The summed E-state index contributed by atoms with van der Waals surface area (Å²) < 4.78 is 30.0. The van der Waals surface area contributed by atoms with Crippen molar-refractivity contribution in [2.75, 3.05) is 11.9 Å². The average Bonchev–Trinajstić information content (AvgIpc) is 2.76. The number of hydrogen-bond donors (Lipinski definition) is 1. The van der Waals surface area contributed by atoms with Gasteiger partial charge in [-0.2, -0.15) is 4.37 Å². The Morgan fingerprint density at radius 2 is 1.94 bits per heavy atom. The molecule has 0 bridgehead atoms. The molecule has 1 heterocycles. The van der Waals surface area contributed by atoms with E-state index in [9.17, 15) is 8.78 Å². The highest BCUT2D eigenvalue weighted by molar-refractivity contribution is 7.09. The largest absolute Gasteiger partial charge is 0.360 e. The summed E-state index contributed by atoms with van der Waals surface area (Å²) in [5.41, 5.74) is 0.625. The van der Waals surface area contributed by atoms with Gasteiger partial charge in [-0.25, -0.2) is 13.8 Å². The number of nitrogens with one attached hydrogen (secondary N) is 1. The number of benzene rings is 1. The van der Waals surface area contributed by atoms with Gasteiger partial charge in [0.15, 0.2) is 0 Å². The fourth-order valence-corrected chi connectivity index (χ4v) is 2.21. The Bertz CT molecular complexity index is 508. The lowest BCUT2D eigenvalue weighted by Gasteiger charge is -2.03. The van der Waals surface area contributed by atoms with Gasteiger partial charge in [0, 0.05) is 30.6 Å². The van der Waals surface area contributed by atoms with Gasteiger partial charge >= 0.3 is 0 Å². The maximum Gasteiger partial charge on any atom is 0.202 e. The van der Waals surface area contributed by atoms with Crippen LogP contribution in [0.5, 0.6) is 0 Å². The molecule has 96 valence electrons. The highest BCUT2D eigenvalue weighted by atomic mass is 32.1. The monoisotopic (exact) mass is 269 g/mol. The molecule has 0 radical (unpaired) electrons. The highest BCUT2D eigenvalue weighted by Gasteiger charge is 2.03. The maximum atomic E-state index is 12.9. The van der Waals surface area contributed by atoms with E-state index in [1.807, 2.05) is 6.92 Å². The second-order valence-corrected chi connectivity index (χ2v) is 4.58. The molecule has 0 aliphatic rings. The minimum atomic E-state index is -0.547. The summed E-state index contributed by atoms with van der Waals surface area (Å²) in [5.74, 6) is -0.289. The van der Waals surface area contributed by atoms with Crippen molar-refractivity contribution in [1.29, 1.82) is 0 Å². The summed E-state index contributed by atoms with van der Waals surface area (Å²) in [6, 6.07) is 3.54. The van der Waals surface area contributed by atoms with Crippen molar-refractivity contribution >= 4 is 16.7 Å². The van der Waals surface area contributed by atoms with E-state index in [0.29, 0.717) is 18.5 Å². The molecule has 1 N–H and O–H groups in total. The number of anilines is 1. The predicted molar refractivity (Wildman–Crippen MR) is 67.8 cm³/mol. The van der Waals surface area contributed by atoms with Gasteiger partial charge in [0.25, 0.3) is 0 Å². The maximum absolute atomic E-state index is 12.9. The third kappa shape index (κ3) is 3.46. The minimum absolute atomic E-state index is 0.537. The van der Waals surface area contributed by atoms with E-state index in [4.69, 9.17) is 0 Å². The first kappa shape index (κ1) is 12.9. The standard InChI is InChI=1S/C12H13F2N3S/c1-2-11-16-12(18-17-11)15-4-3-8-5-9(13)7-10(14)6-8/h5-7H,2-4H2,1H3,(H,15,16,17). The molecule has 18 heavy (non-hydrogen) atoms. The van der Waals surface area contributed by atoms with Gasteiger partial charge in [0.1, 0.15) is 17.5 Å². The van der Waals surface area contributed by atoms with E-state index < -0.39 is 11.6 Å². The molecule has 2 rings (SSSR count). The van der Waals surface area contributed by atoms with Crippen molar-refractivity contribution in [3.63, 3.8) is 0 Å². The second-order valence-electron chi connectivity index (χ2n) is 3.82. The van der Waals surface area contributed by atoms with Gasteiger partial charge in [-0.3, -0.25) is 0 Å². The molecule has 6 heteroatoms. The first-order valence-corrected chi connectivity index (χ1v) is 6.46. The summed E-state index contributed by atoms with van der Waals surface area (Å²) in [7, 11) is 0. The predicted octanol–water partition coefficient (Wildman–Crippen LogP) is 3.03. The summed E-state index contributed by atoms with van der Waals surface area (Å²) in [6.45, 7) is 2.56. The van der Waals surface area contributed by atoms with Crippen LogP contribution in [0.25, 0.3) is 0 Å². The van der Waals surface area contributed by atoms with E-state index in [2.05, 4.69) is 14.7 Å². The molecule has 3 nitrogen and oxygen atoms in total. The summed E-state index contributed by atoms with van der Waals surface area (Å²) in [5, 5.41) is 3.83. The van der Waals surface area contributed by atoms with Crippen LogP contribution in [0.2, 0.25) is 0 Å². The quantitative estimate of drug-likeness (QED) is 0.906. The lowest BCUT2D eigenvalue weighted by atomic mass is 10.1. The molecule has 0 fully saturated rings. The second kappa shape index (κ2) is 5.86. The molecule has 0 aliphatic carbocycles. The van der Waals surface area contributed by atoms with Crippen molar-refractivity contribution in [2.24, 2.45) is 0 Å². The molecule has 0 saturated heterocycles. The lowest BCUT2D eigenvalue weighted by Crippen LogP contribution is -2.05. The third-order valence-corrected chi connectivity index (χ3v) is 3.11. The molecular weight excluding hydrogens is 256 g/mol. The number of aryl methyl sites for hydroxylation is 1. The summed E-state index contributed by atoms with van der Waals surface area (Å²) in [6.07, 6.45) is 1.34. The molecule has 0 aliphatic heterocycles. The van der Waals surface area contributed by atoms with Gasteiger partial charge in [0.05, 0.1) is 0 Å². The van der Waals surface area contributed by atoms with E-state index in [0.717, 1.165) is 23.4 Å². The van der Waals surface area contributed by atoms with Crippen LogP contribution in [0, 0.1) is 11.6 Å². The molecule has 0 amide bonds. The molecule has 0 saturated carbocycles. The van der Waals surface area contributed by atoms with Gasteiger partial charge in [-0.15, -0.1) is 0 Å². The van der Waals surface area contributed by atoms with Crippen molar-refractivity contribution < 1.29 is 8.78 Å². The van der Waals surface area contributed by atoms with Crippen LogP contribution in [0.15, 0.2) is 18.2 Å². The first-order valence-electron chi connectivity index (χ1n) is 5.69. The number of rotatable bonds is 5. The molecule has 0 spiro atoms. The van der Waals surface area contributed by atoms with Crippen molar-refractivity contribution in [3.8, 4) is 0 Å². The first-order chi connectivity index (χ1) is 8.67. The summed E-state index contributed by atoms with van der Waals surface area (Å²) >= 11 is 1.30. The van der Waals surface area contributed by atoms with E-state index in [1.54, 1.807) is 0 Å². The van der Waals surface area contributed by atoms with Gasteiger partial charge < -0.3 is 5.32 Å². The lowest BCUT2D eigenvalue weighted by molar-refractivity contribution is 0.580. The molecule has 2 aromatic rings. The number of aromatic nitrogens is 2. The average molecular weight is 269 g/mol. The Balaban J connectivity index is 1.88. The number of nitrogens with zero attached hydrogens (tertiary/aromatic N) is 2. The van der Waals surface area contributed by atoms with E-state index in [1.165, 1.54) is 23.7 Å². The molecule has 1 aromatic heterocycles. The zero-order chi connectivity index (χ0) is 13.0. The van der Waals surface area contributed by atoms with Crippen molar-refractivity contribution in [3.05, 3.63) is 41.2 Å². The Morgan fingerprint density at radius 3 is 2.56 bits per heavy atom. The van der Waals surface area contributed by atoms with E-state index >= 15 is 0 Å². The highest BCUT2D eigenvalue weighted by Crippen LogP contribution is 2.12. The van der Waals surface area contributed by atoms with Gasteiger partial charge in [-0.1, -0.05) is 6.92 Å². The zero-order valence-electron chi connectivity index (χ0n) is 9.91. The van der Waals surface area contributed by atoms with Crippen molar-refractivity contribution in [2.45, 2.75) is 19.8 Å². The van der Waals surface area contributed by atoms with Crippen LogP contribution in [0.4, 0.5) is 13.9 Å². The normalized spacial score (nSPS) is 10.6. The fourth-order valence-electron chi connectivity index (χ4n) is 1.54. The van der Waals surface area contributed by atoms with Gasteiger partial charge in [-0.05, 0) is 24.1 Å². The SMILES string of the molecule is CCc1nsc(NCCc2cc(F)cc(F)c2)n1. The van der Waals surface area contributed by atoms with Crippen LogP contribution in [0.1, 0.15) is 18.3 Å². The van der Waals surface area contributed by atoms with E-state index in [-0.39, 0.29) is 0 Å². The Morgan fingerprint density at radius 1 is 1.22 bits per heavy atom. The Hall–Kier alpha value is -1.56. The van der Waals surface area contributed by atoms with Crippen LogP contribution in [-0.4, -0.2) is 15.9 Å². The summed E-state index contributed by atoms with van der Waals surface area (Å²) in [4.78, 5) is 4.24. The Labute approximate surface area is 108 Å². The molecular formula is C12H13F2N3S. The molecule has 1 aromatic carbocycles. The van der Waals surface area contributed by atoms with Crippen LogP contribution >= 0.6 is 11.5 Å². The van der Waals surface area contributed by atoms with Gasteiger partial charge in [0.2, 0.25) is 5.13 Å². The minimum Gasteiger partial charge on any atom is -0.360 e. The fraction of sp³-hybridized carbons (Fsp3) is 0.333. The van der Waals surface area contributed by atoms with Crippen molar-refractivity contribution in [1.82, 2.24) is 9.36 Å².